The van der Waals surface area contributed by atoms with E-state index in [-0.39, 0.29) is 13.1 Å². The van der Waals surface area contributed by atoms with Crippen molar-refractivity contribution in [1.82, 2.24) is 9.44 Å². The predicted molar refractivity (Wildman–Crippen MR) is 96.2 cm³/mol. The number of rotatable bonds is 9. The molecule has 0 aliphatic rings. The molecular formula is C8H14Cl6N2O6S2. The molecule has 2 atom stereocenters. The van der Waals surface area contributed by atoms with Crippen LogP contribution in [0.25, 0.3) is 0 Å². The second-order valence-electron chi connectivity index (χ2n) is 4.47. The van der Waals surface area contributed by atoms with Crippen molar-refractivity contribution >= 4 is 89.7 Å². The number of halogens is 6. The number of sulfonamides is 2. The van der Waals surface area contributed by atoms with E-state index in [2.05, 4.69) is 0 Å². The van der Waals surface area contributed by atoms with Crippen LogP contribution in [0.2, 0.25) is 0 Å². The first-order chi connectivity index (χ1) is 10.5. The van der Waals surface area contributed by atoms with Crippen LogP contribution in [0.4, 0.5) is 0 Å². The van der Waals surface area contributed by atoms with Gasteiger partial charge in [0.25, 0.3) is 0 Å². The Morgan fingerprint density at radius 1 is 0.708 bits per heavy atom. The largest absolute Gasteiger partial charge is 0.388 e. The average molecular weight is 511 g/mol. The number of hydrogen-bond donors (Lipinski definition) is 4. The van der Waals surface area contributed by atoms with E-state index in [1.807, 2.05) is 9.44 Å². The van der Waals surface area contributed by atoms with Crippen LogP contribution < -0.4 is 9.44 Å². The Bertz CT molecular complexity index is 548. The zero-order valence-corrected chi connectivity index (χ0v) is 17.8. The molecule has 0 saturated heterocycles. The summed E-state index contributed by atoms with van der Waals surface area (Å²) in [5.41, 5.74) is 0. The average Bonchev–Trinajstić information content (AvgIpc) is 2.31. The maximum absolute atomic E-state index is 11.6. The van der Waals surface area contributed by atoms with Crippen LogP contribution in [-0.4, -0.2) is 71.4 Å². The normalized spacial score (nSPS) is 16.8. The monoisotopic (exact) mass is 508 g/mol. The highest BCUT2D eigenvalue weighted by Crippen LogP contribution is 2.31. The van der Waals surface area contributed by atoms with Gasteiger partial charge in [-0.3, -0.25) is 0 Å². The van der Waals surface area contributed by atoms with Crippen LogP contribution in [-0.2, 0) is 20.0 Å². The van der Waals surface area contributed by atoms with Gasteiger partial charge in [-0.15, -0.1) is 0 Å². The third-order valence-electron chi connectivity index (χ3n) is 2.28. The van der Waals surface area contributed by atoms with Crippen molar-refractivity contribution in [3.8, 4) is 0 Å². The molecule has 0 aliphatic carbocycles. The highest BCUT2D eigenvalue weighted by molar-refractivity contribution is 7.89. The SMILES string of the molecule is O=S(=O)(CC(O)C(Cl)(Cl)Cl)NCCNS(=O)(=O)CC(O)C(Cl)(Cl)Cl. The fourth-order valence-electron chi connectivity index (χ4n) is 1.14. The Morgan fingerprint density at radius 3 is 1.17 bits per heavy atom. The minimum atomic E-state index is -4.03. The van der Waals surface area contributed by atoms with Gasteiger partial charge in [0.15, 0.2) is 0 Å². The number of nitrogens with one attached hydrogen (secondary N) is 2. The van der Waals surface area contributed by atoms with Crippen molar-refractivity contribution in [2.24, 2.45) is 0 Å². The molecule has 0 aromatic heterocycles. The Balaban J connectivity index is 4.38. The minimum Gasteiger partial charge on any atom is -0.388 e. The molecule has 8 nitrogen and oxygen atoms in total. The highest BCUT2D eigenvalue weighted by Gasteiger charge is 2.35. The minimum absolute atomic E-state index is 0.363. The van der Waals surface area contributed by atoms with Crippen molar-refractivity contribution in [3.63, 3.8) is 0 Å². The molecule has 0 spiro atoms. The van der Waals surface area contributed by atoms with Crippen molar-refractivity contribution in [1.29, 1.82) is 0 Å². The fourth-order valence-corrected chi connectivity index (χ4v) is 4.54. The Kier molecular flexibility index (Phi) is 10.2. The van der Waals surface area contributed by atoms with Gasteiger partial charge in [0, 0.05) is 13.1 Å². The van der Waals surface area contributed by atoms with Crippen molar-refractivity contribution in [2.75, 3.05) is 24.6 Å². The van der Waals surface area contributed by atoms with Crippen LogP contribution >= 0.6 is 69.6 Å². The summed E-state index contributed by atoms with van der Waals surface area (Å²) in [4.78, 5) is 0. The van der Waals surface area contributed by atoms with Gasteiger partial charge in [-0.25, -0.2) is 26.3 Å². The Hall–Kier alpha value is 1.48. The van der Waals surface area contributed by atoms with Crippen molar-refractivity contribution in [2.45, 2.75) is 19.8 Å². The number of alkyl halides is 6. The first-order valence-electron chi connectivity index (χ1n) is 5.90. The molecule has 0 radical (unpaired) electrons. The van der Waals surface area contributed by atoms with E-state index < -0.39 is 51.3 Å². The summed E-state index contributed by atoms with van der Waals surface area (Å²) >= 11 is 32.0. The highest BCUT2D eigenvalue weighted by atomic mass is 35.6. The first-order valence-corrected chi connectivity index (χ1v) is 11.5. The van der Waals surface area contributed by atoms with E-state index in [0.717, 1.165) is 0 Å². The maximum Gasteiger partial charge on any atom is 0.217 e. The van der Waals surface area contributed by atoms with Gasteiger partial charge in [0.2, 0.25) is 27.6 Å². The second kappa shape index (κ2) is 9.61. The number of aliphatic hydroxyl groups excluding tert-OH is 2. The summed E-state index contributed by atoms with van der Waals surface area (Å²) in [5.74, 6) is -1.80. The zero-order valence-electron chi connectivity index (χ0n) is 11.6. The second-order valence-corrected chi connectivity index (χ2v) is 12.9. The molecule has 0 saturated carbocycles. The van der Waals surface area contributed by atoms with Gasteiger partial charge >= 0.3 is 0 Å². The molecule has 146 valence electrons. The third kappa shape index (κ3) is 11.2. The van der Waals surface area contributed by atoms with Gasteiger partial charge in [-0.05, 0) is 0 Å². The molecule has 0 aromatic rings. The molecule has 0 fully saturated rings. The van der Waals surface area contributed by atoms with Gasteiger partial charge < -0.3 is 10.2 Å². The van der Waals surface area contributed by atoms with E-state index in [9.17, 15) is 27.0 Å². The standard InChI is InChI=1S/C8H14Cl6N2O6S2/c9-7(10,11)5(17)3-23(19,20)15-1-2-16-24(21,22)4-6(18)8(12,13)14/h5-6,15-18H,1-4H2. The molecule has 16 heteroatoms. The third-order valence-corrected chi connectivity index (χ3v) is 6.59. The number of hydrogen-bond acceptors (Lipinski definition) is 6. The van der Waals surface area contributed by atoms with Crippen LogP contribution in [0.3, 0.4) is 0 Å². The van der Waals surface area contributed by atoms with Crippen molar-refractivity contribution in [3.05, 3.63) is 0 Å². The van der Waals surface area contributed by atoms with Gasteiger partial charge in [-0.2, -0.15) is 0 Å². The Labute approximate surface area is 169 Å². The van der Waals surface area contributed by atoms with Crippen LogP contribution in [0.15, 0.2) is 0 Å². The smallest absolute Gasteiger partial charge is 0.217 e. The van der Waals surface area contributed by atoms with E-state index in [1.54, 1.807) is 0 Å². The van der Waals surface area contributed by atoms with Crippen LogP contribution in [0.5, 0.6) is 0 Å². The molecule has 2 unspecified atom stereocenters. The molecule has 0 bridgehead atoms. The lowest BCUT2D eigenvalue weighted by Crippen LogP contribution is -2.43. The van der Waals surface area contributed by atoms with Gasteiger partial charge in [0.05, 0.1) is 11.5 Å². The molecule has 0 amide bonds. The van der Waals surface area contributed by atoms with E-state index in [0.29, 0.717) is 0 Å². The van der Waals surface area contributed by atoms with Crippen LogP contribution in [0.1, 0.15) is 0 Å². The van der Waals surface area contributed by atoms with Crippen LogP contribution in [0, 0.1) is 0 Å². The lowest BCUT2D eigenvalue weighted by molar-refractivity contribution is 0.200. The molecule has 0 rings (SSSR count). The molecule has 0 aliphatic heterocycles. The van der Waals surface area contributed by atoms with E-state index in [4.69, 9.17) is 69.6 Å². The molecular weight excluding hydrogens is 497 g/mol. The quantitative estimate of drug-likeness (QED) is 0.260. The first kappa shape index (κ1) is 25.5. The summed E-state index contributed by atoms with van der Waals surface area (Å²) in [6.07, 6.45) is -3.56. The Morgan fingerprint density at radius 2 is 0.958 bits per heavy atom. The van der Waals surface area contributed by atoms with E-state index >= 15 is 0 Å². The van der Waals surface area contributed by atoms with Gasteiger partial charge in [0.1, 0.15) is 12.2 Å². The zero-order chi connectivity index (χ0) is 19.4. The summed E-state index contributed by atoms with van der Waals surface area (Å²) in [6, 6.07) is 0. The summed E-state index contributed by atoms with van der Waals surface area (Å²) in [5, 5.41) is 18.8. The summed E-state index contributed by atoms with van der Waals surface area (Å²) < 4.78 is 46.0. The molecule has 4 N–H and O–H groups in total. The molecule has 0 aromatic carbocycles. The van der Waals surface area contributed by atoms with Gasteiger partial charge in [-0.1, -0.05) is 69.6 Å². The lowest BCUT2D eigenvalue weighted by Gasteiger charge is -2.19. The summed E-state index contributed by atoms with van der Waals surface area (Å²) in [6.45, 7) is -0.726. The maximum atomic E-state index is 11.6. The van der Waals surface area contributed by atoms with E-state index in [1.165, 1.54) is 0 Å². The molecule has 0 heterocycles. The topological polar surface area (TPSA) is 133 Å². The molecule has 24 heavy (non-hydrogen) atoms. The van der Waals surface area contributed by atoms with Crippen molar-refractivity contribution < 1.29 is 27.0 Å². The summed E-state index contributed by atoms with van der Waals surface area (Å²) in [7, 11) is -8.06. The lowest BCUT2D eigenvalue weighted by atomic mass is 10.5. The number of aliphatic hydroxyl groups is 2. The predicted octanol–water partition coefficient (Wildman–Crippen LogP) is 0.287. The fraction of sp³-hybridized carbons (Fsp3) is 1.00.